The van der Waals surface area contributed by atoms with Crippen molar-refractivity contribution in [2.75, 3.05) is 14.2 Å². The van der Waals surface area contributed by atoms with Gasteiger partial charge in [0, 0.05) is 0 Å². The van der Waals surface area contributed by atoms with Gasteiger partial charge in [-0.3, -0.25) is 0 Å². The summed E-state index contributed by atoms with van der Waals surface area (Å²) in [6.07, 6.45) is 0. The summed E-state index contributed by atoms with van der Waals surface area (Å²) in [6, 6.07) is 11.6. The summed E-state index contributed by atoms with van der Waals surface area (Å²) in [5.74, 6) is 0.280. The Bertz CT molecular complexity index is 624. The molecule has 0 aliphatic rings. The maximum absolute atomic E-state index is 11.8. The molecule has 0 aliphatic heterocycles. The fraction of sp³-hybridized carbons (Fsp3) is 0.235. The topological polar surface area (TPSA) is 35.5 Å². The normalized spacial score (nSPS) is 10.2. The van der Waals surface area contributed by atoms with E-state index in [0.717, 1.165) is 22.3 Å². The predicted molar refractivity (Wildman–Crippen MR) is 79.2 cm³/mol. The zero-order valence-electron chi connectivity index (χ0n) is 12.2. The molecule has 2 aromatic carbocycles. The Morgan fingerprint density at radius 3 is 2.20 bits per heavy atom. The molecule has 0 bridgehead atoms. The highest BCUT2D eigenvalue weighted by Crippen LogP contribution is 2.31. The number of methoxy groups -OCH3 is 2. The highest BCUT2D eigenvalue weighted by molar-refractivity contribution is 5.92. The summed E-state index contributed by atoms with van der Waals surface area (Å²) < 4.78 is 10.1. The molecular formula is C17H18O3. The molecule has 0 unspecified atom stereocenters. The first-order chi connectivity index (χ1) is 9.56. The molecular weight excluding hydrogens is 252 g/mol. The molecule has 0 saturated heterocycles. The lowest BCUT2D eigenvalue weighted by molar-refractivity contribution is 0.0600. The minimum Gasteiger partial charge on any atom is -0.497 e. The first-order valence-corrected chi connectivity index (χ1v) is 6.40. The van der Waals surface area contributed by atoms with Crippen LogP contribution in [-0.4, -0.2) is 20.2 Å². The van der Waals surface area contributed by atoms with E-state index in [1.54, 1.807) is 13.2 Å². The van der Waals surface area contributed by atoms with E-state index in [1.165, 1.54) is 7.11 Å². The van der Waals surface area contributed by atoms with Gasteiger partial charge in [-0.05, 0) is 54.3 Å². The van der Waals surface area contributed by atoms with Crippen LogP contribution in [0.15, 0.2) is 36.4 Å². The van der Waals surface area contributed by atoms with Gasteiger partial charge in [0.25, 0.3) is 0 Å². The van der Waals surface area contributed by atoms with Gasteiger partial charge in [-0.25, -0.2) is 4.79 Å². The molecule has 2 aromatic rings. The van der Waals surface area contributed by atoms with Crippen molar-refractivity contribution < 1.29 is 14.3 Å². The van der Waals surface area contributed by atoms with Crippen molar-refractivity contribution in [1.29, 1.82) is 0 Å². The number of hydrogen-bond donors (Lipinski definition) is 0. The van der Waals surface area contributed by atoms with Crippen LogP contribution in [0.4, 0.5) is 0 Å². The third kappa shape index (κ3) is 2.67. The van der Waals surface area contributed by atoms with Crippen molar-refractivity contribution in [2.24, 2.45) is 0 Å². The molecule has 0 N–H and O–H groups in total. The Labute approximate surface area is 119 Å². The SMILES string of the molecule is COC(=O)c1cc(OC)cc(-c2c(C)cccc2C)c1. The molecule has 0 spiro atoms. The van der Waals surface area contributed by atoms with E-state index >= 15 is 0 Å². The first-order valence-electron chi connectivity index (χ1n) is 6.40. The third-order valence-corrected chi connectivity index (χ3v) is 3.33. The van der Waals surface area contributed by atoms with E-state index in [9.17, 15) is 4.79 Å². The average molecular weight is 270 g/mol. The Hall–Kier alpha value is -2.29. The second kappa shape index (κ2) is 5.78. The van der Waals surface area contributed by atoms with Gasteiger partial charge in [-0.15, -0.1) is 0 Å². The third-order valence-electron chi connectivity index (χ3n) is 3.33. The van der Waals surface area contributed by atoms with Crippen LogP contribution in [0.3, 0.4) is 0 Å². The van der Waals surface area contributed by atoms with E-state index in [0.29, 0.717) is 11.3 Å². The Balaban J connectivity index is 2.65. The molecule has 0 saturated carbocycles. The number of benzene rings is 2. The molecule has 3 heteroatoms. The van der Waals surface area contributed by atoms with Gasteiger partial charge in [-0.1, -0.05) is 18.2 Å². The van der Waals surface area contributed by atoms with E-state index < -0.39 is 0 Å². The number of carbonyl (C=O) groups excluding carboxylic acids is 1. The van der Waals surface area contributed by atoms with Gasteiger partial charge in [0.05, 0.1) is 19.8 Å². The molecule has 3 nitrogen and oxygen atoms in total. The molecule has 2 rings (SSSR count). The molecule has 0 amide bonds. The summed E-state index contributed by atoms with van der Waals surface area (Å²) in [7, 11) is 2.96. The van der Waals surface area contributed by atoms with Gasteiger partial charge in [0.15, 0.2) is 0 Å². The summed E-state index contributed by atoms with van der Waals surface area (Å²) in [6.45, 7) is 4.11. The highest BCUT2D eigenvalue weighted by atomic mass is 16.5. The number of aryl methyl sites for hydroxylation is 2. The number of esters is 1. The summed E-state index contributed by atoms with van der Waals surface area (Å²) in [4.78, 5) is 11.8. The Morgan fingerprint density at radius 2 is 1.65 bits per heavy atom. The molecule has 104 valence electrons. The maximum Gasteiger partial charge on any atom is 0.338 e. The number of hydrogen-bond acceptors (Lipinski definition) is 3. The minimum absolute atomic E-state index is 0.364. The maximum atomic E-state index is 11.8. The van der Waals surface area contributed by atoms with Crippen LogP contribution in [0.25, 0.3) is 11.1 Å². The highest BCUT2D eigenvalue weighted by Gasteiger charge is 2.12. The van der Waals surface area contributed by atoms with Crippen LogP contribution < -0.4 is 4.74 Å². The lowest BCUT2D eigenvalue weighted by atomic mass is 9.94. The monoisotopic (exact) mass is 270 g/mol. The molecule has 0 fully saturated rings. The molecule has 0 atom stereocenters. The molecule has 0 aliphatic carbocycles. The van der Waals surface area contributed by atoms with Crippen LogP contribution in [-0.2, 0) is 4.74 Å². The van der Waals surface area contributed by atoms with Gasteiger partial charge >= 0.3 is 5.97 Å². The van der Waals surface area contributed by atoms with Crippen LogP contribution in [0.2, 0.25) is 0 Å². The van der Waals surface area contributed by atoms with Crippen molar-refractivity contribution >= 4 is 5.97 Å². The van der Waals surface area contributed by atoms with Crippen LogP contribution in [0, 0.1) is 13.8 Å². The number of ether oxygens (including phenoxy) is 2. The van der Waals surface area contributed by atoms with E-state index in [-0.39, 0.29) is 5.97 Å². The van der Waals surface area contributed by atoms with Crippen molar-refractivity contribution in [3.63, 3.8) is 0 Å². The molecule has 20 heavy (non-hydrogen) atoms. The lowest BCUT2D eigenvalue weighted by Gasteiger charge is -2.13. The zero-order chi connectivity index (χ0) is 14.7. The average Bonchev–Trinajstić information content (AvgIpc) is 2.45. The minimum atomic E-state index is -0.364. The van der Waals surface area contributed by atoms with E-state index in [4.69, 9.17) is 9.47 Å². The Kier molecular flexibility index (Phi) is 4.08. The Morgan fingerprint density at radius 1 is 1.00 bits per heavy atom. The summed E-state index contributed by atoms with van der Waals surface area (Å²) in [5, 5.41) is 0. The second-order valence-electron chi connectivity index (χ2n) is 4.71. The van der Waals surface area contributed by atoms with Crippen LogP contribution >= 0.6 is 0 Å². The molecule has 0 aromatic heterocycles. The largest absolute Gasteiger partial charge is 0.497 e. The van der Waals surface area contributed by atoms with E-state index in [1.807, 2.05) is 18.2 Å². The summed E-state index contributed by atoms with van der Waals surface area (Å²) >= 11 is 0. The standard InChI is InChI=1S/C17H18O3/c1-11-6-5-7-12(2)16(11)13-8-14(17(18)20-4)10-15(9-13)19-3/h5-10H,1-4H3. The van der Waals surface area contributed by atoms with Crippen molar-refractivity contribution in [3.05, 3.63) is 53.1 Å². The van der Waals surface area contributed by atoms with Crippen molar-refractivity contribution in [1.82, 2.24) is 0 Å². The fourth-order valence-corrected chi connectivity index (χ4v) is 2.37. The predicted octanol–water partition coefficient (Wildman–Crippen LogP) is 3.77. The first kappa shape index (κ1) is 14.1. The van der Waals surface area contributed by atoms with Crippen LogP contribution in [0.5, 0.6) is 5.75 Å². The molecule has 0 radical (unpaired) electrons. The van der Waals surface area contributed by atoms with Gasteiger partial charge in [0.1, 0.15) is 5.75 Å². The fourth-order valence-electron chi connectivity index (χ4n) is 2.37. The van der Waals surface area contributed by atoms with Crippen molar-refractivity contribution in [3.8, 4) is 16.9 Å². The van der Waals surface area contributed by atoms with Gasteiger partial charge in [-0.2, -0.15) is 0 Å². The van der Waals surface area contributed by atoms with Gasteiger partial charge < -0.3 is 9.47 Å². The van der Waals surface area contributed by atoms with Crippen LogP contribution in [0.1, 0.15) is 21.5 Å². The second-order valence-corrected chi connectivity index (χ2v) is 4.71. The quantitative estimate of drug-likeness (QED) is 0.796. The smallest absolute Gasteiger partial charge is 0.338 e. The number of carbonyl (C=O) groups is 1. The van der Waals surface area contributed by atoms with E-state index in [2.05, 4.69) is 26.0 Å². The zero-order valence-corrected chi connectivity index (χ0v) is 12.2. The molecule has 0 heterocycles. The van der Waals surface area contributed by atoms with Crippen molar-refractivity contribution in [2.45, 2.75) is 13.8 Å². The van der Waals surface area contributed by atoms with Gasteiger partial charge in [0.2, 0.25) is 0 Å². The summed E-state index contributed by atoms with van der Waals surface area (Å²) in [5.41, 5.74) is 4.89. The number of rotatable bonds is 3. The lowest BCUT2D eigenvalue weighted by Crippen LogP contribution is -2.02.